The summed E-state index contributed by atoms with van der Waals surface area (Å²) in [6.07, 6.45) is -0.507. The Kier molecular flexibility index (Phi) is 3.67. The van der Waals surface area contributed by atoms with Crippen molar-refractivity contribution in [1.29, 1.82) is 0 Å². The summed E-state index contributed by atoms with van der Waals surface area (Å²) in [5, 5.41) is 0. The summed E-state index contributed by atoms with van der Waals surface area (Å²) >= 11 is 5.69. The maximum absolute atomic E-state index is 12.9. The average Bonchev–Trinajstić information content (AvgIpc) is 2.80. The molecule has 0 nitrogen and oxygen atoms in total. The summed E-state index contributed by atoms with van der Waals surface area (Å²) in [4.78, 5) is 0. The Morgan fingerprint density at radius 3 is 2.35 bits per heavy atom. The van der Waals surface area contributed by atoms with Gasteiger partial charge in [-0.25, -0.2) is 0 Å². The Balaban J connectivity index is 2.43. The standard InChI is InChI=1S/C13H14ClF3/c14-8-9-5-6-12(13(15,16)17)11(7-9)10-3-1-2-4-10/h5-7,10H,1-4,8H2. The van der Waals surface area contributed by atoms with Gasteiger partial charge in [0.2, 0.25) is 0 Å². The molecule has 1 aromatic carbocycles. The van der Waals surface area contributed by atoms with Gasteiger partial charge in [-0.05, 0) is 36.0 Å². The molecule has 0 aromatic heterocycles. The second-order valence-corrected chi connectivity index (χ2v) is 4.80. The number of alkyl halides is 4. The maximum Gasteiger partial charge on any atom is 0.416 e. The molecule has 0 saturated heterocycles. The van der Waals surface area contributed by atoms with E-state index in [9.17, 15) is 13.2 Å². The Labute approximate surface area is 104 Å². The van der Waals surface area contributed by atoms with Crippen LogP contribution in [0.15, 0.2) is 18.2 Å². The van der Waals surface area contributed by atoms with Crippen LogP contribution in [0.3, 0.4) is 0 Å². The number of halogens is 4. The number of benzene rings is 1. The lowest BCUT2D eigenvalue weighted by Crippen LogP contribution is -2.11. The normalized spacial score (nSPS) is 17.6. The first-order chi connectivity index (χ1) is 8.02. The predicted molar refractivity (Wildman–Crippen MR) is 62.2 cm³/mol. The third-order valence-electron chi connectivity index (χ3n) is 3.37. The zero-order chi connectivity index (χ0) is 12.5. The number of hydrogen-bond acceptors (Lipinski definition) is 0. The Morgan fingerprint density at radius 2 is 1.82 bits per heavy atom. The van der Waals surface area contributed by atoms with E-state index in [-0.39, 0.29) is 11.8 Å². The van der Waals surface area contributed by atoms with Crippen molar-refractivity contribution in [2.75, 3.05) is 0 Å². The molecule has 94 valence electrons. The highest BCUT2D eigenvalue weighted by atomic mass is 35.5. The van der Waals surface area contributed by atoms with Crippen LogP contribution in [0.25, 0.3) is 0 Å². The lowest BCUT2D eigenvalue weighted by molar-refractivity contribution is -0.138. The fourth-order valence-electron chi connectivity index (χ4n) is 2.53. The molecule has 1 fully saturated rings. The molecule has 1 aromatic rings. The minimum Gasteiger partial charge on any atom is -0.166 e. The van der Waals surface area contributed by atoms with Crippen molar-refractivity contribution >= 4 is 11.6 Å². The number of rotatable bonds is 2. The highest BCUT2D eigenvalue weighted by Gasteiger charge is 2.35. The summed E-state index contributed by atoms with van der Waals surface area (Å²) < 4.78 is 38.7. The Bertz CT molecular complexity index is 392. The van der Waals surface area contributed by atoms with E-state index in [0.717, 1.165) is 31.2 Å². The first kappa shape index (κ1) is 12.7. The van der Waals surface area contributed by atoms with Crippen molar-refractivity contribution in [2.45, 2.75) is 43.7 Å². The molecule has 0 bridgehead atoms. The van der Waals surface area contributed by atoms with Gasteiger partial charge in [-0.15, -0.1) is 11.6 Å². The van der Waals surface area contributed by atoms with Gasteiger partial charge in [0.15, 0.2) is 0 Å². The van der Waals surface area contributed by atoms with Crippen molar-refractivity contribution < 1.29 is 13.2 Å². The summed E-state index contributed by atoms with van der Waals surface area (Å²) in [5.74, 6) is 0.312. The van der Waals surface area contributed by atoms with E-state index in [1.165, 1.54) is 12.1 Å². The third-order valence-corrected chi connectivity index (χ3v) is 3.68. The largest absolute Gasteiger partial charge is 0.416 e. The molecule has 0 N–H and O–H groups in total. The van der Waals surface area contributed by atoms with E-state index < -0.39 is 11.7 Å². The molecule has 17 heavy (non-hydrogen) atoms. The van der Waals surface area contributed by atoms with Crippen molar-refractivity contribution in [1.82, 2.24) is 0 Å². The molecule has 0 radical (unpaired) electrons. The van der Waals surface area contributed by atoms with Crippen LogP contribution in [0.2, 0.25) is 0 Å². The molecule has 0 unspecified atom stereocenters. The molecular weight excluding hydrogens is 249 g/mol. The quantitative estimate of drug-likeness (QED) is 0.650. The van der Waals surface area contributed by atoms with Gasteiger partial charge in [0, 0.05) is 5.88 Å². The van der Waals surface area contributed by atoms with Gasteiger partial charge in [-0.1, -0.05) is 25.0 Å². The van der Waals surface area contributed by atoms with E-state index in [1.54, 1.807) is 6.07 Å². The van der Waals surface area contributed by atoms with Crippen molar-refractivity contribution in [3.63, 3.8) is 0 Å². The molecule has 1 aliphatic rings. The second-order valence-electron chi connectivity index (χ2n) is 4.53. The highest BCUT2D eigenvalue weighted by Crippen LogP contribution is 2.41. The zero-order valence-electron chi connectivity index (χ0n) is 9.36. The minimum absolute atomic E-state index is 0.0507. The third kappa shape index (κ3) is 2.76. The molecule has 0 aliphatic heterocycles. The summed E-state index contributed by atoms with van der Waals surface area (Å²) in [5.41, 5.74) is 0.716. The maximum atomic E-state index is 12.9. The number of hydrogen-bond donors (Lipinski definition) is 0. The molecule has 0 heterocycles. The van der Waals surface area contributed by atoms with E-state index >= 15 is 0 Å². The summed E-state index contributed by atoms with van der Waals surface area (Å²) in [6, 6.07) is 4.27. The van der Waals surface area contributed by atoms with Gasteiger partial charge in [0.1, 0.15) is 0 Å². The van der Waals surface area contributed by atoms with E-state index in [1.807, 2.05) is 0 Å². The molecule has 1 aliphatic carbocycles. The van der Waals surface area contributed by atoms with Crippen LogP contribution in [0, 0.1) is 0 Å². The topological polar surface area (TPSA) is 0 Å². The highest BCUT2D eigenvalue weighted by molar-refractivity contribution is 6.17. The van der Waals surface area contributed by atoms with Crippen LogP contribution in [-0.4, -0.2) is 0 Å². The smallest absolute Gasteiger partial charge is 0.166 e. The summed E-state index contributed by atoms with van der Waals surface area (Å²) in [6.45, 7) is 0. The van der Waals surface area contributed by atoms with Crippen molar-refractivity contribution in [3.05, 3.63) is 34.9 Å². The van der Waals surface area contributed by atoms with Crippen LogP contribution >= 0.6 is 11.6 Å². The van der Waals surface area contributed by atoms with E-state index in [2.05, 4.69) is 0 Å². The van der Waals surface area contributed by atoms with Crippen LogP contribution in [0.1, 0.15) is 48.3 Å². The molecule has 0 spiro atoms. The molecule has 2 rings (SSSR count). The molecule has 1 saturated carbocycles. The van der Waals surface area contributed by atoms with E-state index in [4.69, 9.17) is 11.6 Å². The monoisotopic (exact) mass is 262 g/mol. The van der Waals surface area contributed by atoms with Gasteiger partial charge in [0.25, 0.3) is 0 Å². The average molecular weight is 263 g/mol. The van der Waals surface area contributed by atoms with Gasteiger partial charge in [0.05, 0.1) is 5.56 Å². The van der Waals surface area contributed by atoms with Gasteiger partial charge >= 0.3 is 6.18 Å². The van der Waals surface area contributed by atoms with E-state index in [0.29, 0.717) is 5.56 Å². The van der Waals surface area contributed by atoms with Crippen LogP contribution in [0.5, 0.6) is 0 Å². The molecular formula is C13H14ClF3. The van der Waals surface area contributed by atoms with Crippen molar-refractivity contribution in [2.24, 2.45) is 0 Å². The molecule has 0 atom stereocenters. The van der Waals surface area contributed by atoms with Crippen LogP contribution < -0.4 is 0 Å². The van der Waals surface area contributed by atoms with Gasteiger partial charge in [-0.2, -0.15) is 13.2 Å². The fraction of sp³-hybridized carbons (Fsp3) is 0.538. The Hall–Kier alpha value is -0.700. The van der Waals surface area contributed by atoms with Gasteiger partial charge in [-0.3, -0.25) is 0 Å². The first-order valence-corrected chi connectivity index (χ1v) is 6.32. The van der Waals surface area contributed by atoms with Crippen molar-refractivity contribution in [3.8, 4) is 0 Å². The summed E-state index contributed by atoms with van der Waals surface area (Å²) in [7, 11) is 0. The first-order valence-electron chi connectivity index (χ1n) is 5.78. The molecule has 0 amide bonds. The van der Waals surface area contributed by atoms with Crippen LogP contribution in [0.4, 0.5) is 13.2 Å². The zero-order valence-corrected chi connectivity index (χ0v) is 10.1. The lowest BCUT2D eigenvalue weighted by Gasteiger charge is -2.18. The van der Waals surface area contributed by atoms with Gasteiger partial charge < -0.3 is 0 Å². The molecule has 4 heteroatoms. The Morgan fingerprint density at radius 1 is 1.18 bits per heavy atom. The minimum atomic E-state index is -4.26. The SMILES string of the molecule is FC(F)(F)c1ccc(CCl)cc1C1CCCC1. The second kappa shape index (κ2) is 4.89. The fourth-order valence-corrected chi connectivity index (χ4v) is 2.69. The van der Waals surface area contributed by atoms with Crippen LogP contribution in [-0.2, 0) is 12.1 Å². The lowest BCUT2D eigenvalue weighted by atomic mass is 9.91. The predicted octanol–water partition coefficient (Wildman–Crippen LogP) is 5.10.